The van der Waals surface area contributed by atoms with Gasteiger partial charge in [0.25, 0.3) is 0 Å². The predicted molar refractivity (Wildman–Crippen MR) is 86.7 cm³/mol. The number of rotatable bonds is 6. The summed E-state index contributed by atoms with van der Waals surface area (Å²) in [5.74, 6) is 0. The summed E-state index contributed by atoms with van der Waals surface area (Å²) < 4.78 is 3.51. The van der Waals surface area contributed by atoms with Crippen LogP contribution in [0.1, 0.15) is 36.6 Å². The van der Waals surface area contributed by atoms with Gasteiger partial charge in [-0.05, 0) is 44.0 Å². The minimum Gasteiger partial charge on any atom is -0.309 e. The predicted octanol–water partition coefficient (Wildman–Crippen LogP) is 2.64. The molecule has 0 amide bonds. The fourth-order valence-corrected chi connectivity index (χ4v) is 2.55. The first-order valence-corrected chi connectivity index (χ1v) is 7.62. The summed E-state index contributed by atoms with van der Waals surface area (Å²) in [4.78, 5) is 12.2. The van der Waals surface area contributed by atoms with Crippen LogP contribution >= 0.6 is 0 Å². The third-order valence-corrected chi connectivity index (χ3v) is 4.02. The first kappa shape index (κ1) is 15.6. The van der Waals surface area contributed by atoms with Crippen molar-refractivity contribution >= 4 is 0 Å². The number of hydrogen-bond donors (Lipinski definition) is 1. The summed E-state index contributed by atoms with van der Waals surface area (Å²) in [7, 11) is 0. The molecule has 2 rings (SSSR count). The maximum Gasteiger partial charge on any atom is 0.328 e. The van der Waals surface area contributed by atoms with Crippen molar-refractivity contribution < 1.29 is 0 Å². The van der Waals surface area contributed by atoms with Gasteiger partial charge in [-0.2, -0.15) is 0 Å². The largest absolute Gasteiger partial charge is 0.328 e. The summed E-state index contributed by atoms with van der Waals surface area (Å²) in [6.07, 6.45) is 3.73. The molecule has 1 aromatic heterocycles. The lowest BCUT2D eigenvalue weighted by molar-refractivity contribution is 0.462. The van der Waals surface area contributed by atoms with Gasteiger partial charge in [0.1, 0.15) is 0 Å². The van der Waals surface area contributed by atoms with Gasteiger partial charge in [0, 0.05) is 25.5 Å². The van der Waals surface area contributed by atoms with Crippen molar-refractivity contribution in [3.8, 4) is 0 Å². The van der Waals surface area contributed by atoms with E-state index in [-0.39, 0.29) is 11.7 Å². The van der Waals surface area contributed by atoms with Crippen LogP contribution in [-0.2, 0) is 13.1 Å². The van der Waals surface area contributed by atoms with Gasteiger partial charge in [0.05, 0.1) is 6.04 Å². The van der Waals surface area contributed by atoms with E-state index in [9.17, 15) is 4.79 Å². The van der Waals surface area contributed by atoms with Crippen LogP contribution in [0.3, 0.4) is 0 Å². The average molecular weight is 287 g/mol. The summed E-state index contributed by atoms with van der Waals surface area (Å²) >= 11 is 0. The van der Waals surface area contributed by atoms with Crippen molar-refractivity contribution in [1.29, 1.82) is 0 Å². The molecular formula is C17H25N3O. The molecule has 114 valence electrons. The molecule has 1 heterocycles. The Hall–Kier alpha value is -1.81. The topological polar surface area (TPSA) is 39.0 Å². The van der Waals surface area contributed by atoms with Crippen molar-refractivity contribution in [1.82, 2.24) is 14.5 Å². The van der Waals surface area contributed by atoms with Crippen molar-refractivity contribution in [3.05, 3.63) is 57.8 Å². The highest BCUT2D eigenvalue weighted by molar-refractivity contribution is 5.31. The van der Waals surface area contributed by atoms with E-state index in [2.05, 4.69) is 44.3 Å². The molecule has 0 fully saturated rings. The highest BCUT2D eigenvalue weighted by Gasteiger charge is 2.13. The second kappa shape index (κ2) is 6.76. The zero-order chi connectivity index (χ0) is 15.4. The number of imidazole rings is 1. The Bertz CT molecular complexity index is 654. The number of nitrogens with zero attached hydrogens (tertiary/aromatic N) is 2. The van der Waals surface area contributed by atoms with E-state index in [1.54, 1.807) is 9.13 Å². The van der Waals surface area contributed by atoms with Crippen molar-refractivity contribution in [2.75, 3.05) is 6.54 Å². The second-order valence-electron chi connectivity index (χ2n) is 5.47. The number of nitrogens with one attached hydrogen (secondary N) is 1. The van der Waals surface area contributed by atoms with Crippen LogP contribution in [0, 0.1) is 13.8 Å². The Morgan fingerprint density at radius 3 is 2.38 bits per heavy atom. The smallest absolute Gasteiger partial charge is 0.309 e. The number of aryl methyl sites for hydroxylation is 3. The van der Waals surface area contributed by atoms with Gasteiger partial charge in [-0.15, -0.1) is 0 Å². The van der Waals surface area contributed by atoms with Crippen LogP contribution in [0.2, 0.25) is 0 Å². The van der Waals surface area contributed by atoms with E-state index in [1.807, 2.05) is 19.3 Å². The normalized spacial score (nSPS) is 12.6. The summed E-state index contributed by atoms with van der Waals surface area (Å²) in [6, 6.07) is 6.66. The molecule has 1 atom stereocenters. The molecule has 0 saturated heterocycles. The fourth-order valence-electron chi connectivity index (χ4n) is 2.55. The molecule has 0 bridgehead atoms. The van der Waals surface area contributed by atoms with E-state index in [4.69, 9.17) is 0 Å². The standard InChI is InChI=1S/C17H25N3O/c1-5-18-16(15-8-7-13(3)14(4)11-15)12-20-10-9-19(6-2)17(20)21/h7-11,16,18H,5-6,12H2,1-4H3. The Labute approximate surface area is 126 Å². The Kier molecular flexibility index (Phi) is 5.02. The molecule has 2 aromatic rings. The number of likely N-dealkylation sites (N-methyl/N-ethyl adjacent to an activating group) is 1. The van der Waals surface area contributed by atoms with Crippen molar-refractivity contribution in [2.24, 2.45) is 0 Å². The van der Waals surface area contributed by atoms with E-state index < -0.39 is 0 Å². The quantitative estimate of drug-likeness (QED) is 0.887. The van der Waals surface area contributed by atoms with Gasteiger partial charge >= 0.3 is 5.69 Å². The van der Waals surface area contributed by atoms with Crippen LogP contribution in [0.4, 0.5) is 0 Å². The van der Waals surface area contributed by atoms with Crippen LogP contribution in [0.5, 0.6) is 0 Å². The zero-order valence-electron chi connectivity index (χ0n) is 13.4. The van der Waals surface area contributed by atoms with Crippen molar-refractivity contribution in [3.63, 3.8) is 0 Å². The molecule has 0 aliphatic rings. The second-order valence-corrected chi connectivity index (χ2v) is 5.47. The minimum absolute atomic E-state index is 0.0595. The van der Waals surface area contributed by atoms with Crippen LogP contribution < -0.4 is 11.0 Å². The SMILES string of the molecule is CCNC(Cn1ccn(CC)c1=O)c1ccc(C)c(C)c1. The molecule has 0 spiro atoms. The lowest BCUT2D eigenvalue weighted by Gasteiger charge is -2.19. The van der Waals surface area contributed by atoms with Crippen molar-refractivity contribution in [2.45, 2.75) is 46.8 Å². The summed E-state index contributed by atoms with van der Waals surface area (Å²) in [5, 5.41) is 3.48. The van der Waals surface area contributed by atoms with Crippen LogP contribution in [0.15, 0.2) is 35.4 Å². The molecule has 0 aliphatic carbocycles. The fraction of sp³-hybridized carbons (Fsp3) is 0.471. The van der Waals surface area contributed by atoms with E-state index >= 15 is 0 Å². The maximum absolute atomic E-state index is 12.2. The average Bonchev–Trinajstić information content (AvgIpc) is 2.82. The van der Waals surface area contributed by atoms with Gasteiger partial charge in [-0.3, -0.25) is 9.13 Å². The Morgan fingerprint density at radius 2 is 1.81 bits per heavy atom. The van der Waals surface area contributed by atoms with Crippen LogP contribution in [-0.4, -0.2) is 15.7 Å². The molecule has 0 saturated carbocycles. The number of benzene rings is 1. The first-order chi connectivity index (χ1) is 10.1. The molecule has 0 aliphatic heterocycles. The first-order valence-electron chi connectivity index (χ1n) is 7.62. The van der Waals surface area contributed by atoms with E-state index in [0.29, 0.717) is 13.1 Å². The minimum atomic E-state index is 0.0595. The zero-order valence-corrected chi connectivity index (χ0v) is 13.4. The Morgan fingerprint density at radius 1 is 1.10 bits per heavy atom. The van der Waals surface area contributed by atoms with Gasteiger partial charge in [-0.1, -0.05) is 25.1 Å². The maximum atomic E-state index is 12.2. The monoisotopic (exact) mass is 287 g/mol. The van der Waals surface area contributed by atoms with Gasteiger partial charge in [-0.25, -0.2) is 4.79 Å². The Balaban J connectivity index is 2.28. The third kappa shape index (κ3) is 3.45. The number of hydrogen-bond acceptors (Lipinski definition) is 2. The number of aromatic nitrogens is 2. The summed E-state index contributed by atoms with van der Waals surface area (Å²) in [6.45, 7) is 10.6. The molecule has 0 radical (unpaired) electrons. The molecule has 21 heavy (non-hydrogen) atoms. The summed E-state index contributed by atoms with van der Waals surface area (Å²) in [5.41, 5.74) is 3.87. The third-order valence-electron chi connectivity index (χ3n) is 4.02. The van der Waals surface area contributed by atoms with Gasteiger partial charge in [0.2, 0.25) is 0 Å². The highest BCUT2D eigenvalue weighted by atomic mass is 16.1. The molecule has 1 aromatic carbocycles. The molecule has 4 nitrogen and oxygen atoms in total. The molecule has 1 N–H and O–H groups in total. The lowest BCUT2D eigenvalue weighted by Crippen LogP contribution is -2.31. The van der Waals surface area contributed by atoms with E-state index in [0.717, 1.165) is 6.54 Å². The molecule has 1 unspecified atom stereocenters. The van der Waals surface area contributed by atoms with Crippen LogP contribution in [0.25, 0.3) is 0 Å². The van der Waals surface area contributed by atoms with E-state index in [1.165, 1.54) is 16.7 Å². The molecular weight excluding hydrogens is 262 g/mol. The lowest BCUT2D eigenvalue weighted by atomic mass is 10.0. The molecule has 4 heteroatoms. The highest BCUT2D eigenvalue weighted by Crippen LogP contribution is 2.18. The van der Waals surface area contributed by atoms with Gasteiger partial charge in [0.15, 0.2) is 0 Å². The van der Waals surface area contributed by atoms with Gasteiger partial charge < -0.3 is 5.32 Å².